The number of sulfonamides is 1. The van der Waals surface area contributed by atoms with E-state index in [0.717, 1.165) is 23.9 Å². The standard InChI is InChI=1S/C17H26BNO4S/c1-12-9-13(18-22-16(2,3)17(4,5)23-18)11-14(10-12)19(6)24(20,21)15-7-8-15/h9-11,15H,7-8H2,1-6H3. The Labute approximate surface area is 145 Å². The second-order valence-corrected chi connectivity index (χ2v) is 10.1. The molecule has 1 saturated carbocycles. The van der Waals surface area contributed by atoms with Gasteiger partial charge in [0.25, 0.3) is 0 Å². The first kappa shape index (κ1) is 17.8. The van der Waals surface area contributed by atoms with Gasteiger partial charge in [-0.05, 0) is 70.6 Å². The summed E-state index contributed by atoms with van der Waals surface area (Å²) in [5.41, 5.74) is 1.64. The third-order valence-corrected chi connectivity index (χ3v) is 7.59. The van der Waals surface area contributed by atoms with Gasteiger partial charge in [0.1, 0.15) is 0 Å². The Hall–Kier alpha value is -1.05. The van der Waals surface area contributed by atoms with E-state index in [-0.39, 0.29) is 5.25 Å². The van der Waals surface area contributed by atoms with Gasteiger partial charge in [-0.15, -0.1) is 0 Å². The molecular weight excluding hydrogens is 325 g/mol. The second-order valence-electron chi connectivity index (χ2n) is 7.90. The molecule has 1 heterocycles. The summed E-state index contributed by atoms with van der Waals surface area (Å²) >= 11 is 0. The van der Waals surface area contributed by atoms with Crippen LogP contribution in [0.25, 0.3) is 0 Å². The van der Waals surface area contributed by atoms with Crippen molar-refractivity contribution < 1.29 is 17.7 Å². The van der Waals surface area contributed by atoms with Crippen molar-refractivity contribution in [1.82, 2.24) is 0 Å². The van der Waals surface area contributed by atoms with E-state index in [1.54, 1.807) is 7.05 Å². The SMILES string of the molecule is Cc1cc(B2OC(C)(C)C(C)(C)O2)cc(N(C)S(=O)(=O)C2CC2)c1. The molecule has 0 radical (unpaired) electrons. The van der Waals surface area contributed by atoms with Crippen LogP contribution in [0.5, 0.6) is 0 Å². The summed E-state index contributed by atoms with van der Waals surface area (Å²) in [6.07, 6.45) is 1.51. The van der Waals surface area contributed by atoms with E-state index in [0.29, 0.717) is 5.69 Å². The highest BCUT2D eigenvalue weighted by Crippen LogP contribution is 2.37. The summed E-state index contributed by atoms with van der Waals surface area (Å²) in [5.74, 6) is 0. The third-order valence-electron chi connectivity index (χ3n) is 5.30. The molecule has 5 nitrogen and oxygen atoms in total. The van der Waals surface area contributed by atoms with Gasteiger partial charge in [0.05, 0.1) is 22.1 Å². The van der Waals surface area contributed by atoms with Crippen LogP contribution in [-0.4, -0.2) is 39.0 Å². The van der Waals surface area contributed by atoms with Crippen LogP contribution in [0, 0.1) is 6.92 Å². The van der Waals surface area contributed by atoms with Crippen LogP contribution in [0.4, 0.5) is 5.69 Å². The molecule has 7 heteroatoms. The molecule has 0 aromatic heterocycles. The number of aryl methyl sites for hydroxylation is 1. The second kappa shape index (κ2) is 5.48. The lowest BCUT2D eigenvalue weighted by Gasteiger charge is -2.32. The summed E-state index contributed by atoms with van der Waals surface area (Å²) in [6.45, 7) is 9.98. The normalized spacial score (nSPS) is 22.7. The first-order valence-corrected chi connectivity index (χ1v) is 9.89. The van der Waals surface area contributed by atoms with Crippen LogP contribution in [0.3, 0.4) is 0 Å². The molecule has 132 valence electrons. The zero-order valence-electron chi connectivity index (χ0n) is 15.3. The average molecular weight is 351 g/mol. The van der Waals surface area contributed by atoms with Crippen molar-refractivity contribution in [3.63, 3.8) is 0 Å². The summed E-state index contributed by atoms with van der Waals surface area (Å²) in [5, 5.41) is -0.233. The van der Waals surface area contributed by atoms with Gasteiger partial charge < -0.3 is 9.31 Å². The van der Waals surface area contributed by atoms with Crippen molar-refractivity contribution in [2.45, 2.75) is 63.9 Å². The Bertz CT molecular complexity index is 740. The van der Waals surface area contributed by atoms with Crippen molar-refractivity contribution in [2.75, 3.05) is 11.4 Å². The Morgan fingerprint density at radius 2 is 1.62 bits per heavy atom. The number of hydrogen-bond donors (Lipinski definition) is 0. The Balaban J connectivity index is 1.93. The van der Waals surface area contributed by atoms with Crippen molar-refractivity contribution >= 4 is 28.3 Å². The smallest absolute Gasteiger partial charge is 0.399 e. The molecule has 1 aliphatic carbocycles. The zero-order valence-corrected chi connectivity index (χ0v) is 16.1. The Morgan fingerprint density at radius 1 is 1.08 bits per heavy atom. The minimum atomic E-state index is -3.27. The van der Waals surface area contributed by atoms with Crippen LogP contribution in [0.1, 0.15) is 46.1 Å². The highest BCUT2D eigenvalue weighted by molar-refractivity contribution is 7.93. The summed E-state index contributed by atoms with van der Waals surface area (Å²) in [4.78, 5) is 0. The molecule has 1 aromatic rings. The highest BCUT2D eigenvalue weighted by Gasteiger charge is 2.52. The molecule has 1 aromatic carbocycles. The number of benzene rings is 1. The minimum Gasteiger partial charge on any atom is -0.399 e. The molecule has 3 rings (SSSR count). The lowest BCUT2D eigenvalue weighted by Crippen LogP contribution is -2.41. The number of rotatable bonds is 4. The molecule has 0 spiro atoms. The molecule has 0 atom stereocenters. The summed E-state index contributed by atoms with van der Waals surface area (Å²) in [6, 6.07) is 5.73. The maximum absolute atomic E-state index is 12.5. The van der Waals surface area contributed by atoms with E-state index in [9.17, 15) is 8.42 Å². The van der Waals surface area contributed by atoms with E-state index in [4.69, 9.17) is 9.31 Å². The van der Waals surface area contributed by atoms with E-state index >= 15 is 0 Å². The third kappa shape index (κ3) is 2.98. The predicted octanol–water partition coefficient (Wildman–Crippen LogP) is 2.22. The Morgan fingerprint density at radius 3 is 2.12 bits per heavy atom. The number of hydrogen-bond acceptors (Lipinski definition) is 4. The molecule has 0 unspecified atom stereocenters. The molecule has 0 amide bonds. The number of nitrogens with zero attached hydrogens (tertiary/aromatic N) is 1. The van der Waals surface area contributed by atoms with Crippen LogP contribution in [0.2, 0.25) is 0 Å². The lowest BCUT2D eigenvalue weighted by molar-refractivity contribution is 0.00578. The minimum absolute atomic E-state index is 0.233. The van der Waals surface area contributed by atoms with Crippen LogP contribution >= 0.6 is 0 Å². The van der Waals surface area contributed by atoms with Gasteiger partial charge in [-0.3, -0.25) is 4.31 Å². The lowest BCUT2D eigenvalue weighted by atomic mass is 9.78. The summed E-state index contributed by atoms with van der Waals surface area (Å²) < 4.78 is 38.6. The van der Waals surface area contributed by atoms with Crippen LogP contribution in [-0.2, 0) is 19.3 Å². The van der Waals surface area contributed by atoms with Crippen molar-refractivity contribution in [1.29, 1.82) is 0 Å². The largest absolute Gasteiger partial charge is 0.494 e. The van der Waals surface area contributed by atoms with Gasteiger partial charge in [-0.1, -0.05) is 6.07 Å². The fraction of sp³-hybridized carbons (Fsp3) is 0.647. The molecule has 24 heavy (non-hydrogen) atoms. The van der Waals surface area contributed by atoms with Gasteiger partial charge in [0.15, 0.2) is 0 Å². The first-order valence-electron chi connectivity index (χ1n) is 8.39. The van der Waals surface area contributed by atoms with Crippen molar-refractivity contribution in [3.8, 4) is 0 Å². The molecular formula is C17H26BNO4S. The van der Waals surface area contributed by atoms with Gasteiger partial charge in [-0.2, -0.15) is 0 Å². The van der Waals surface area contributed by atoms with Crippen molar-refractivity contribution in [3.05, 3.63) is 23.8 Å². The maximum atomic E-state index is 12.5. The fourth-order valence-electron chi connectivity index (χ4n) is 2.83. The molecule has 0 N–H and O–H groups in total. The van der Waals surface area contributed by atoms with Gasteiger partial charge in [0, 0.05) is 7.05 Å². The van der Waals surface area contributed by atoms with E-state index in [2.05, 4.69) is 0 Å². The molecule has 2 fully saturated rings. The van der Waals surface area contributed by atoms with Crippen molar-refractivity contribution in [2.24, 2.45) is 0 Å². The molecule has 2 aliphatic rings. The molecule has 1 aliphatic heterocycles. The van der Waals surface area contributed by atoms with E-state index < -0.39 is 28.3 Å². The fourth-order valence-corrected chi connectivity index (χ4v) is 4.40. The Kier molecular flexibility index (Phi) is 4.05. The quantitative estimate of drug-likeness (QED) is 0.781. The first-order chi connectivity index (χ1) is 10.9. The summed E-state index contributed by atoms with van der Waals surface area (Å²) in [7, 11) is -2.14. The zero-order chi connectivity index (χ0) is 17.9. The van der Waals surface area contributed by atoms with Gasteiger partial charge in [-0.25, -0.2) is 8.42 Å². The average Bonchev–Trinajstić information content (AvgIpc) is 3.26. The monoisotopic (exact) mass is 351 g/mol. The van der Waals surface area contributed by atoms with Gasteiger partial charge >= 0.3 is 7.12 Å². The number of anilines is 1. The van der Waals surface area contributed by atoms with E-state index in [1.807, 2.05) is 52.8 Å². The van der Waals surface area contributed by atoms with Crippen LogP contribution in [0.15, 0.2) is 18.2 Å². The van der Waals surface area contributed by atoms with Crippen LogP contribution < -0.4 is 9.77 Å². The van der Waals surface area contributed by atoms with E-state index in [1.165, 1.54) is 4.31 Å². The maximum Gasteiger partial charge on any atom is 0.494 e. The predicted molar refractivity (Wildman–Crippen MR) is 97.2 cm³/mol. The highest BCUT2D eigenvalue weighted by atomic mass is 32.2. The molecule has 1 saturated heterocycles. The topological polar surface area (TPSA) is 55.8 Å². The molecule has 0 bridgehead atoms. The van der Waals surface area contributed by atoms with Gasteiger partial charge in [0.2, 0.25) is 10.0 Å².